The van der Waals surface area contributed by atoms with E-state index in [2.05, 4.69) is 11.2 Å². The highest BCUT2D eigenvalue weighted by Crippen LogP contribution is 2.33. The monoisotopic (exact) mass is 272 g/mol. The van der Waals surface area contributed by atoms with Crippen LogP contribution in [0.5, 0.6) is 0 Å². The first-order chi connectivity index (χ1) is 8.40. The van der Waals surface area contributed by atoms with Crippen LogP contribution in [0.25, 0.3) is 0 Å². The normalized spacial score (nSPS) is 28.6. The summed E-state index contributed by atoms with van der Waals surface area (Å²) in [4.78, 5) is 14.2. The quantitative estimate of drug-likeness (QED) is 0.724. The zero-order chi connectivity index (χ0) is 13.3. The van der Waals surface area contributed by atoms with Gasteiger partial charge in [0.05, 0.1) is 0 Å². The number of hydrogen-bond acceptors (Lipinski definition) is 4. The van der Waals surface area contributed by atoms with Crippen LogP contribution in [-0.2, 0) is 4.74 Å². The third kappa shape index (κ3) is 3.12. The van der Waals surface area contributed by atoms with Gasteiger partial charge in [-0.15, -0.1) is 0 Å². The lowest BCUT2D eigenvalue weighted by Gasteiger charge is -2.40. The Morgan fingerprint density at radius 2 is 1.83 bits per heavy atom. The molecule has 2 aliphatic heterocycles. The second-order valence-electron chi connectivity index (χ2n) is 6.04. The molecule has 0 aliphatic carbocycles. The third-order valence-electron chi connectivity index (χ3n) is 3.36. The van der Waals surface area contributed by atoms with Crippen molar-refractivity contribution in [3.8, 4) is 0 Å². The van der Waals surface area contributed by atoms with Crippen LogP contribution in [0.1, 0.15) is 40.5 Å². The molecular formula is C13H24N2O2S. The average Bonchev–Trinajstić information content (AvgIpc) is 2.49. The van der Waals surface area contributed by atoms with Crippen LogP contribution in [0.4, 0.5) is 4.79 Å². The Labute approximate surface area is 114 Å². The van der Waals surface area contributed by atoms with Gasteiger partial charge in [0.25, 0.3) is 0 Å². The Morgan fingerprint density at radius 1 is 1.28 bits per heavy atom. The van der Waals surface area contributed by atoms with E-state index in [1.165, 1.54) is 0 Å². The lowest BCUT2D eigenvalue weighted by atomic mass is 10.2. The van der Waals surface area contributed by atoms with Crippen LogP contribution >= 0.6 is 11.9 Å². The van der Waals surface area contributed by atoms with Crippen molar-refractivity contribution in [2.24, 2.45) is 0 Å². The topological polar surface area (TPSA) is 32.8 Å². The van der Waals surface area contributed by atoms with Crippen LogP contribution in [0.3, 0.4) is 0 Å². The first-order valence-corrected chi connectivity index (χ1v) is 7.74. The fourth-order valence-corrected chi connectivity index (χ4v) is 3.69. The molecule has 0 aromatic rings. The first kappa shape index (κ1) is 14.0. The van der Waals surface area contributed by atoms with Gasteiger partial charge in [-0.3, -0.25) is 4.90 Å². The lowest BCUT2D eigenvalue weighted by molar-refractivity contribution is 0.00467. The minimum absolute atomic E-state index is 0.129. The summed E-state index contributed by atoms with van der Waals surface area (Å²) in [6.45, 7) is 9.91. The number of rotatable bonds is 2. The zero-order valence-corrected chi connectivity index (χ0v) is 12.6. The fraction of sp³-hybridized carbons (Fsp3) is 0.923. The highest BCUT2D eigenvalue weighted by molar-refractivity contribution is 7.96. The number of amides is 1. The molecule has 0 aromatic heterocycles. The Kier molecular flexibility index (Phi) is 4.11. The average molecular weight is 272 g/mol. The maximum Gasteiger partial charge on any atom is 0.410 e. The second kappa shape index (κ2) is 5.29. The van der Waals surface area contributed by atoms with E-state index in [-0.39, 0.29) is 6.09 Å². The molecule has 0 N–H and O–H groups in total. The van der Waals surface area contributed by atoms with Crippen molar-refractivity contribution in [1.82, 2.24) is 9.21 Å². The number of carbonyl (C=O) groups is 1. The van der Waals surface area contributed by atoms with Crippen LogP contribution < -0.4 is 0 Å². The SMILES string of the molecule is CCSN1CC2CCC(C1)N2C(=O)OC(C)(C)C. The number of hydrogen-bond donors (Lipinski definition) is 0. The molecule has 4 nitrogen and oxygen atoms in total. The van der Waals surface area contributed by atoms with E-state index in [1.54, 1.807) is 0 Å². The number of piperazine rings is 1. The lowest BCUT2D eigenvalue weighted by Crippen LogP contribution is -2.55. The van der Waals surface area contributed by atoms with E-state index in [4.69, 9.17) is 4.74 Å². The van der Waals surface area contributed by atoms with Gasteiger partial charge in [0.15, 0.2) is 0 Å². The van der Waals surface area contributed by atoms with Gasteiger partial charge in [0, 0.05) is 30.9 Å². The third-order valence-corrected chi connectivity index (χ3v) is 4.29. The number of ether oxygens (including phenoxy) is 1. The predicted molar refractivity (Wildman–Crippen MR) is 74.6 cm³/mol. The van der Waals surface area contributed by atoms with Crippen molar-refractivity contribution in [2.45, 2.75) is 58.2 Å². The van der Waals surface area contributed by atoms with Gasteiger partial charge in [-0.1, -0.05) is 18.9 Å². The standard InChI is InChI=1S/C13H24N2O2S/c1-5-18-14-8-10-6-7-11(9-14)15(10)12(16)17-13(2,3)4/h10-11H,5-9H2,1-4H3. The molecule has 0 radical (unpaired) electrons. The van der Waals surface area contributed by atoms with Gasteiger partial charge in [-0.25, -0.2) is 9.10 Å². The summed E-state index contributed by atoms with van der Waals surface area (Å²) in [6.07, 6.45) is 2.10. The summed E-state index contributed by atoms with van der Waals surface area (Å²) in [5.41, 5.74) is -0.397. The van der Waals surface area contributed by atoms with Gasteiger partial charge in [-0.05, 0) is 33.6 Å². The van der Waals surface area contributed by atoms with E-state index in [0.29, 0.717) is 12.1 Å². The molecule has 1 amide bonds. The highest BCUT2D eigenvalue weighted by atomic mass is 32.2. The van der Waals surface area contributed by atoms with E-state index in [0.717, 1.165) is 31.7 Å². The molecule has 5 heteroatoms. The molecule has 104 valence electrons. The Morgan fingerprint density at radius 3 is 2.28 bits per heavy atom. The molecule has 2 atom stereocenters. The maximum atomic E-state index is 12.2. The summed E-state index contributed by atoms with van der Waals surface area (Å²) in [6, 6.07) is 0.690. The van der Waals surface area contributed by atoms with Gasteiger partial charge in [0.2, 0.25) is 0 Å². The van der Waals surface area contributed by atoms with Gasteiger partial charge >= 0.3 is 6.09 Å². The maximum absolute atomic E-state index is 12.2. The largest absolute Gasteiger partial charge is 0.444 e. The molecule has 0 spiro atoms. The van der Waals surface area contributed by atoms with Crippen LogP contribution in [0.2, 0.25) is 0 Å². The molecule has 2 heterocycles. The molecule has 2 bridgehead atoms. The van der Waals surface area contributed by atoms with E-state index in [1.807, 2.05) is 37.6 Å². The smallest absolute Gasteiger partial charge is 0.410 e. The molecule has 2 fully saturated rings. The van der Waals surface area contributed by atoms with Crippen LogP contribution in [0.15, 0.2) is 0 Å². The van der Waals surface area contributed by atoms with Crippen molar-refractivity contribution in [1.29, 1.82) is 0 Å². The van der Waals surface area contributed by atoms with E-state index in [9.17, 15) is 4.79 Å². The van der Waals surface area contributed by atoms with E-state index < -0.39 is 5.60 Å². The van der Waals surface area contributed by atoms with Gasteiger partial charge in [-0.2, -0.15) is 0 Å². The summed E-state index contributed by atoms with van der Waals surface area (Å²) in [7, 11) is 0. The van der Waals surface area contributed by atoms with Crippen molar-refractivity contribution < 1.29 is 9.53 Å². The zero-order valence-electron chi connectivity index (χ0n) is 11.8. The van der Waals surface area contributed by atoms with Crippen molar-refractivity contribution in [3.63, 3.8) is 0 Å². The Hall–Kier alpha value is -0.420. The summed E-state index contributed by atoms with van der Waals surface area (Å²) >= 11 is 1.88. The molecule has 2 rings (SSSR count). The van der Waals surface area contributed by atoms with Gasteiger partial charge in [0.1, 0.15) is 5.60 Å². The summed E-state index contributed by atoms with van der Waals surface area (Å²) < 4.78 is 7.92. The number of carbonyl (C=O) groups excluding carboxylic acids is 1. The molecule has 18 heavy (non-hydrogen) atoms. The van der Waals surface area contributed by atoms with Crippen molar-refractivity contribution in [2.75, 3.05) is 18.8 Å². The minimum atomic E-state index is -0.397. The predicted octanol–water partition coefficient (Wildman–Crippen LogP) is 2.74. The second-order valence-corrected chi connectivity index (χ2v) is 7.39. The molecule has 0 saturated carbocycles. The molecular weight excluding hydrogens is 248 g/mol. The Balaban J connectivity index is 1.98. The molecule has 0 aromatic carbocycles. The first-order valence-electron chi connectivity index (χ1n) is 6.80. The summed E-state index contributed by atoms with van der Waals surface area (Å²) in [5, 5.41) is 0. The van der Waals surface area contributed by atoms with Crippen LogP contribution in [-0.4, -0.2) is 51.8 Å². The van der Waals surface area contributed by atoms with Crippen molar-refractivity contribution >= 4 is 18.0 Å². The molecule has 2 saturated heterocycles. The van der Waals surface area contributed by atoms with Crippen LogP contribution in [0, 0.1) is 0 Å². The van der Waals surface area contributed by atoms with Crippen molar-refractivity contribution in [3.05, 3.63) is 0 Å². The molecule has 2 unspecified atom stereocenters. The number of fused-ring (bicyclic) bond motifs is 2. The fourth-order valence-electron chi connectivity index (χ4n) is 2.77. The van der Waals surface area contributed by atoms with Gasteiger partial charge < -0.3 is 4.74 Å². The highest BCUT2D eigenvalue weighted by Gasteiger charge is 2.44. The minimum Gasteiger partial charge on any atom is -0.444 e. The molecule has 2 aliphatic rings. The summed E-state index contributed by atoms with van der Waals surface area (Å²) in [5.74, 6) is 1.10. The Bertz CT molecular complexity index is 303. The van der Waals surface area contributed by atoms with E-state index >= 15 is 0 Å². The number of nitrogens with zero attached hydrogens (tertiary/aromatic N) is 2.